The molecule has 0 atom stereocenters. The molecule has 1 heterocycles. The third-order valence-corrected chi connectivity index (χ3v) is 5.57. The highest BCUT2D eigenvalue weighted by Crippen LogP contribution is 2.37. The largest absolute Gasteiger partial charge is 0.496 e. The van der Waals surface area contributed by atoms with Crippen LogP contribution in [0.3, 0.4) is 0 Å². The molecule has 0 N–H and O–H groups in total. The molecule has 0 aliphatic carbocycles. The summed E-state index contributed by atoms with van der Waals surface area (Å²) in [5.74, 6) is 0. The summed E-state index contributed by atoms with van der Waals surface area (Å²) in [5.41, 5.74) is -0.460. The van der Waals surface area contributed by atoms with Gasteiger partial charge in [-0.1, -0.05) is 23.7 Å². The molecule has 0 unspecified atom stereocenters. The molecule has 1 aliphatic rings. The Bertz CT molecular complexity index is 624. The number of halogens is 1. The van der Waals surface area contributed by atoms with E-state index in [9.17, 15) is 8.42 Å². The van der Waals surface area contributed by atoms with E-state index in [2.05, 4.69) is 0 Å². The van der Waals surface area contributed by atoms with Crippen molar-refractivity contribution >= 4 is 34.0 Å². The summed E-state index contributed by atoms with van der Waals surface area (Å²) in [5, 5.41) is 0.161. The maximum atomic E-state index is 11.7. The number of rotatable bonds is 2. The van der Waals surface area contributed by atoms with Crippen LogP contribution in [0.15, 0.2) is 23.1 Å². The fourth-order valence-electron chi connectivity index (χ4n) is 1.97. The summed E-state index contributed by atoms with van der Waals surface area (Å²) in [6.45, 7) is 7.73. The van der Waals surface area contributed by atoms with Crippen molar-refractivity contribution in [3.63, 3.8) is 0 Å². The van der Waals surface area contributed by atoms with Crippen molar-refractivity contribution in [3.8, 4) is 0 Å². The van der Waals surface area contributed by atoms with E-state index in [4.69, 9.17) is 20.9 Å². The van der Waals surface area contributed by atoms with Gasteiger partial charge in [-0.25, -0.2) is 8.42 Å². The summed E-state index contributed by atoms with van der Waals surface area (Å²) >= 11 is 6.22. The Morgan fingerprint density at radius 1 is 1.10 bits per heavy atom. The summed E-state index contributed by atoms with van der Waals surface area (Å²) < 4.78 is 35.2. The van der Waals surface area contributed by atoms with E-state index in [0.29, 0.717) is 5.46 Å². The summed E-state index contributed by atoms with van der Waals surface area (Å²) in [6.07, 6.45) is 1.13. The van der Waals surface area contributed by atoms with Crippen molar-refractivity contribution in [2.24, 2.45) is 0 Å². The Labute approximate surface area is 125 Å². The molecule has 1 aromatic carbocycles. The van der Waals surface area contributed by atoms with Crippen LogP contribution in [0.2, 0.25) is 5.02 Å². The predicted molar refractivity (Wildman–Crippen MR) is 80.3 cm³/mol. The maximum Gasteiger partial charge on any atom is 0.496 e. The van der Waals surface area contributed by atoms with Gasteiger partial charge < -0.3 is 9.31 Å². The smallest absolute Gasteiger partial charge is 0.399 e. The zero-order valence-electron chi connectivity index (χ0n) is 12.2. The minimum atomic E-state index is -3.39. The topological polar surface area (TPSA) is 52.6 Å². The van der Waals surface area contributed by atoms with Crippen LogP contribution in [-0.2, 0) is 19.1 Å². The Hall–Kier alpha value is -0.555. The molecule has 1 aromatic rings. The lowest BCUT2D eigenvalue weighted by Crippen LogP contribution is -2.41. The van der Waals surface area contributed by atoms with Gasteiger partial charge in [0.05, 0.1) is 21.1 Å². The molecule has 20 heavy (non-hydrogen) atoms. The van der Waals surface area contributed by atoms with E-state index in [1.54, 1.807) is 12.1 Å². The molecule has 0 spiro atoms. The van der Waals surface area contributed by atoms with E-state index in [1.807, 2.05) is 27.7 Å². The first kappa shape index (κ1) is 15.8. The number of benzene rings is 1. The normalized spacial score (nSPS) is 21.2. The van der Waals surface area contributed by atoms with Gasteiger partial charge in [-0.05, 0) is 33.8 Å². The maximum absolute atomic E-state index is 11.7. The molecule has 110 valence electrons. The summed E-state index contributed by atoms with van der Waals surface area (Å²) in [7, 11) is -4.06. The van der Waals surface area contributed by atoms with Crippen molar-refractivity contribution in [2.75, 3.05) is 6.26 Å². The molecule has 0 saturated carbocycles. The fourth-order valence-corrected chi connectivity index (χ4v) is 3.37. The molecular weight excluding hydrogens is 298 g/mol. The quantitative estimate of drug-likeness (QED) is 0.784. The van der Waals surface area contributed by atoms with Crippen LogP contribution in [-0.4, -0.2) is 33.0 Å². The Balaban J connectivity index is 2.47. The van der Waals surface area contributed by atoms with Crippen LogP contribution in [0.4, 0.5) is 0 Å². The average molecular weight is 317 g/mol. The van der Waals surface area contributed by atoms with E-state index in [-0.39, 0.29) is 9.92 Å². The van der Waals surface area contributed by atoms with Gasteiger partial charge in [0.15, 0.2) is 9.84 Å². The molecule has 2 rings (SSSR count). The molecule has 7 heteroatoms. The first-order valence-electron chi connectivity index (χ1n) is 6.30. The van der Waals surface area contributed by atoms with E-state index >= 15 is 0 Å². The highest BCUT2D eigenvalue weighted by Gasteiger charge is 2.52. The van der Waals surface area contributed by atoms with Crippen molar-refractivity contribution in [2.45, 2.75) is 43.8 Å². The standard InChI is InChI=1S/C13H18BClO4S/c1-12(2)13(3,4)19-14(18-12)9-7-6-8-10(11(9)15)20(5,16)17/h6-8H,1-5H3. The van der Waals surface area contributed by atoms with Gasteiger partial charge in [0.2, 0.25) is 0 Å². The van der Waals surface area contributed by atoms with Crippen molar-refractivity contribution in [3.05, 3.63) is 23.2 Å². The Morgan fingerprint density at radius 3 is 2.05 bits per heavy atom. The summed E-state index contributed by atoms with van der Waals surface area (Å²) in [6, 6.07) is 4.84. The molecule has 0 amide bonds. The molecular formula is C13H18BClO4S. The lowest BCUT2D eigenvalue weighted by molar-refractivity contribution is 0.00578. The van der Waals surface area contributed by atoms with Crippen LogP contribution in [0.1, 0.15) is 27.7 Å². The van der Waals surface area contributed by atoms with Gasteiger partial charge >= 0.3 is 7.12 Å². The monoisotopic (exact) mass is 316 g/mol. The SMILES string of the molecule is CC1(C)OB(c2cccc(S(C)(=O)=O)c2Cl)OC1(C)C. The minimum absolute atomic E-state index is 0.0892. The van der Waals surface area contributed by atoms with E-state index < -0.39 is 28.2 Å². The summed E-state index contributed by atoms with van der Waals surface area (Å²) in [4.78, 5) is 0.0892. The lowest BCUT2D eigenvalue weighted by Gasteiger charge is -2.32. The molecule has 0 bridgehead atoms. The van der Waals surface area contributed by atoms with Crippen LogP contribution < -0.4 is 5.46 Å². The van der Waals surface area contributed by atoms with E-state index in [0.717, 1.165) is 6.26 Å². The van der Waals surface area contributed by atoms with Crippen LogP contribution in [0.25, 0.3) is 0 Å². The molecule has 1 aliphatic heterocycles. The van der Waals surface area contributed by atoms with Gasteiger partial charge in [-0.15, -0.1) is 0 Å². The first-order valence-corrected chi connectivity index (χ1v) is 8.57. The van der Waals surface area contributed by atoms with Crippen molar-refractivity contribution in [1.82, 2.24) is 0 Å². The molecule has 0 aromatic heterocycles. The van der Waals surface area contributed by atoms with Gasteiger partial charge in [0.1, 0.15) is 0 Å². The third kappa shape index (κ3) is 2.62. The zero-order valence-corrected chi connectivity index (χ0v) is 13.8. The Morgan fingerprint density at radius 2 is 1.60 bits per heavy atom. The second kappa shape index (κ2) is 4.73. The third-order valence-electron chi connectivity index (χ3n) is 3.90. The predicted octanol–water partition coefficient (Wildman–Crippen LogP) is 2.04. The van der Waals surface area contributed by atoms with Gasteiger partial charge in [0.25, 0.3) is 0 Å². The first-order chi connectivity index (χ1) is 8.96. The molecule has 1 fully saturated rings. The highest BCUT2D eigenvalue weighted by molar-refractivity contribution is 7.90. The second-order valence-corrected chi connectivity index (χ2v) is 8.38. The van der Waals surface area contributed by atoms with Crippen LogP contribution in [0, 0.1) is 0 Å². The molecule has 4 nitrogen and oxygen atoms in total. The molecule has 1 saturated heterocycles. The van der Waals surface area contributed by atoms with Gasteiger partial charge in [-0.3, -0.25) is 0 Å². The fraction of sp³-hybridized carbons (Fsp3) is 0.538. The van der Waals surface area contributed by atoms with Gasteiger partial charge in [0, 0.05) is 11.7 Å². The zero-order chi connectivity index (χ0) is 15.3. The highest BCUT2D eigenvalue weighted by atomic mass is 35.5. The minimum Gasteiger partial charge on any atom is -0.399 e. The van der Waals surface area contributed by atoms with Crippen LogP contribution >= 0.6 is 11.6 Å². The van der Waals surface area contributed by atoms with Gasteiger partial charge in [-0.2, -0.15) is 0 Å². The Kier molecular flexibility index (Phi) is 3.74. The number of hydrogen-bond donors (Lipinski definition) is 0. The van der Waals surface area contributed by atoms with E-state index in [1.165, 1.54) is 6.07 Å². The number of sulfone groups is 1. The van der Waals surface area contributed by atoms with Crippen molar-refractivity contribution < 1.29 is 17.7 Å². The molecule has 0 radical (unpaired) electrons. The van der Waals surface area contributed by atoms with Crippen molar-refractivity contribution in [1.29, 1.82) is 0 Å². The lowest BCUT2D eigenvalue weighted by atomic mass is 9.79. The second-order valence-electron chi connectivity index (χ2n) is 6.02. The van der Waals surface area contributed by atoms with Crippen LogP contribution in [0.5, 0.6) is 0 Å². The average Bonchev–Trinajstić information content (AvgIpc) is 2.46. The number of hydrogen-bond acceptors (Lipinski definition) is 4.